The van der Waals surface area contributed by atoms with Gasteiger partial charge in [-0.15, -0.1) is 0 Å². The molecule has 1 aliphatic heterocycles. The number of carbonyl (C=O) groups is 1. The molecule has 0 saturated heterocycles. The number of halogens is 3. The molecule has 0 saturated carbocycles. The van der Waals surface area contributed by atoms with Crippen molar-refractivity contribution in [3.8, 4) is 5.75 Å². The van der Waals surface area contributed by atoms with E-state index in [2.05, 4.69) is 21.2 Å². The van der Waals surface area contributed by atoms with E-state index in [1.165, 1.54) is 34.6 Å². The van der Waals surface area contributed by atoms with Crippen molar-refractivity contribution < 1.29 is 17.9 Å². The van der Waals surface area contributed by atoms with Crippen LogP contribution in [0.2, 0.25) is 10.0 Å². The predicted molar refractivity (Wildman–Crippen MR) is 129 cm³/mol. The van der Waals surface area contributed by atoms with Crippen molar-refractivity contribution in [3.05, 3.63) is 80.7 Å². The molecule has 0 aromatic heterocycles. The van der Waals surface area contributed by atoms with Crippen LogP contribution in [-0.2, 0) is 21.2 Å². The molecular formula is C22H17BrCl2N2O4S. The smallest absolute Gasteiger partial charge is 0.264 e. The van der Waals surface area contributed by atoms with Crippen LogP contribution < -0.4 is 14.4 Å². The minimum Gasteiger partial charge on any atom is -0.481 e. The zero-order valence-corrected chi connectivity index (χ0v) is 20.4. The number of hydrogen-bond acceptors (Lipinski definition) is 4. The van der Waals surface area contributed by atoms with Crippen molar-refractivity contribution in [1.29, 1.82) is 0 Å². The molecule has 1 aliphatic rings. The maximum atomic E-state index is 13.1. The van der Waals surface area contributed by atoms with Crippen molar-refractivity contribution in [1.82, 2.24) is 0 Å². The van der Waals surface area contributed by atoms with E-state index < -0.39 is 15.9 Å². The Morgan fingerprint density at radius 3 is 2.53 bits per heavy atom. The Labute approximate surface area is 204 Å². The molecule has 0 bridgehead atoms. The van der Waals surface area contributed by atoms with Crippen LogP contribution in [0.25, 0.3) is 0 Å². The number of sulfonamides is 1. The van der Waals surface area contributed by atoms with Gasteiger partial charge in [0.05, 0.1) is 20.1 Å². The Hall–Kier alpha value is -2.26. The van der Waals surface area contributed by atoms with Crippen LogP contribution in [0, 0.1) is 0 Å². The van der Waals surface area contributed by atoms with Gasteiger partial charge in [0.25, 0.3) is 15.9 Å². The highest BCUT2D eigenvalue weighted by atomic mass is 79.9. The lowest BCUT2D eigenvalue weighted by molar-refractivity contribution is -0.118. The summed E-state index contributed by atoms with van der Waals surface area (Å²) >= 11 is 15.3. The second-order valence-corrected chi connectivity index (χ2v) is 10.6. The SMILES string of the molecule is O=C(COc1c(Cl)cc(Cl)cc1Br)Nc1ccc(S(=O)(=O)N2CCc3ccccc32)cc1. The number of nitrogens with one attached hydrogen (secondary N) is 1. The van der Waals surface area contributed by atoms with Crippen LogP contribution in [0.15, 0.2) is 70.0 Å². The first-order valence-corrected chi connectivity index (χ1v) is 12.5. The van der Waals surface area contributed by atoms with Crippen LogP contribution in [0.5, 0.6) is 5.75 Å². The Bertz CT molecular complexity index is 1260. The lowest BCUT2D eigenvalue weighted by Gasteiger charge is -2.19. The van der Waals surface area contributed by atoms with Crippen LogP contribution in [-0.4, -0.2) is 27.5 Å². The largest absolute Gasteiger partial charge is 0.481 e. The van der Waals surface area contributed by atoms with Crippen molar-refractivity contribution in [2.45, 2.75) is 11.3 Å². The summed E-state index contributed by atoms with van der Waals surface area (Å²) in [7, 11) is -3.69. The van der Waals surface area contributed by atoms with Gasteiger partial charge in [0.15, 0.2) is 12.4 Å². The maximum absolute atomic E-state index is 13.1. The summed E-state index contributed by atoms with van der Waals surface area (Å²) in [5, 5.41) is 3.38. The van der Waals surface area contributed by atoms with Gasteiger partial charge in [0.1, 0.15) is 0 Å². The van der Waals surface area contributed by atoms with E-state index in [4.69, 9.17) is 27.9 Å². The number of hydrogen-bond donors (Lipinski definition) is 1. The Balaban J connectivity index is 1.41. The third kappa shape index (κ3) is 4.73. The Kier molecular flexibility index (Phi) is 6.67. The first-order chi connectivity index (χ1) is 15.3. The number of nitrogens with zero attached hydrogens (tertiary/aromatic N) is 1. The van der Waals surface area contributed by atoms with E-state index in [0.717, 1.165) is 5.56 Å². The first kappa shape index (κ1) is 22.9. The quantitative estimate of drug-likeness (QED) is 0.434. The van der Waals surface area contributed by atoms with E-state index in [0.29, 0.717) is 39.6 Å². The van der Waals surface area contributed by atoms with Gasteiger partial charge in [-0.05, 0) is 70.4 Å². The molecule has 4 rings (SSSR count). The molecule has 0 spiro atoms. The van der Waals surface area contributed by atoms with Gasteiger partial charge in [-0.3, -0.25) is 9.10 Å². The molecule has 0 atom stereocenters. The molecule has 0 unspecified atom stereocenters. The zero-order chi connectivity index (χ0) is 22.9. The van der Waals surface area contributed by atoms with Crippen molar-refractivity contribution in [3.63, 3.8) is 0 Å². The summed E-state index contributed by atoms with van der Waals surface area (Å²) in [5.41, 5.74) is 2.15. The van der Waals surface area contributed by atoms with Crippen LogP contribution in [0.4, 0.5) is 11.4 Å². The van der Waals surface area contributed by atoms with Crippen molar-refractivity contribution >= 4 is 66.4 Å². The molecule has 0 aliphatic carbocycles. The highest BCUT2D eigenvalue weighted by Gasteiger charge is 2.30. The van der Waals surface area contributed by atoms with Gasteiger partial charge in [-0.25, -0.2) is 8.42 Å². The fraction of sp³-hybridized carbons (Fsp3) is 0.136. The van der Waals surface area contributed by atoms with Crippen LogP contribution in [0.1, 0.15) is 5.56 Å². The third-order valence-electron chi connectivity index (χ3n) is 4.88. The number of ether oxygens (including phenoxy) is 1. The molecule has 10 heteroatoms. The monoisotopic (exact) mass is 554 g/mol. The van der Waals surface area contributed by atoms with Gasteiger partial charge in [0, 0.05) is 17.3 Å². The van der Waals surface area contributed by atoms with E-state index >= 15 is 0 Å². The average Bonchev–Trinajstić information content (AvgIpc) is 3.18. The second kappa shape index (κ2) is 9.31. The van der Waals surface area contributed by atoms with Gasteiger partial charge in [0.2, 0.25) is 0 Å². The molecule has 3 aromatic carbocycles. The fourth-order valence-corrected chi connectivity index (χ4v) is 6.27. The first-order valence-electron chi connectivity index (χ1n) is 9.53. The minimum atomic E-state index is -3.69. The summed E-state index contributed by atoms with van der Waals surface area (Å²) in [5.74, 6) is -0.120. The highest BCUT2D eigenvalue weighted by molar-refractivity contribution is 9.10. The summed E-state index contributed by atoms with van der Waals surface area (Å²) in [4.78, 5) is 12.4. The van der Waals surface area contributed by atoms with Crippen molar-refractivity contribution in [2.75, 3.05) is 22.8 Å². The average molecular weight is 556 g/mol. The standard InChI is InChI=1S/C22H17BrCl2N2O4S/c23-18-11-15(24)12-19(25)22(18)31-13-21(28)26-16-5-7-17(8-6-16)32(29,30)27-10-9-14-3-1-2-4-20(14)27/h1-8,11-12H,9-10,13H2,(H,26,28). The van der Waals surface area contributed by atoms with Gasteiger partial charge in [-0.1, -0.05) is 41.4 Å². The highest BCUT2D eigenvalue weighted by Crippen LogP contribution is 2.36. The lowest BCUT2D eigenvalue weighted by atomic mass is 10.2. The lowest BCUT2D eigenvalue weighted by Crippen LogP contribution is -2.29. The topological polar surface area (TPSA) is 75.7 Å². The van der Waals surface area contributed by atoms with Gasteiger partial charge in [-0.2, -0.15) is 0 Å². The summed E-state index contributed by atoms with van der Waals surface area (Å²) < 4.78 is 33.6. The zero-order valence-electron chi connectivity index (χ0n) is 16.5. The van der Waals surface area contributed by atoms with Crippen LogP contribution in [0.3, 0.4) is 0 Å². The molecular weight excluding hydrogens is 539 g/mol. The molecule has 1 amide bonds. The third-order valence-corrected chi connectivity index (χ3v) is 7.80. The molecule has 166 valence electrons. The number of amides is 1. The van der Waals surface area contributed by atoms with E-state index in [1.54, 1.807) is 12.1 Å². The van der Waals surface area contributed by atoms with E-state index in [1.807, 2.05) is 18.2 Å². The number of benzene rings is 3. The normalized spacial score (nSPS) is 13.0. The predicted octanol–water partition coefficient (Wildman–Crippen LogP) is 5.52. The molecule has 32 heavy (non-hydrogen) atoms. The number of anilines is 2. The van der Waals surface area contributed by atoms with Crippen LogP contribution >= 0.6 is 39.1 Å². The molecule has 3 aromatic rings. The molecule has 0 fully saturated rings. The summed E-state index contributed by atoms with van der Waals surface area (Å²) in [6, 6.07) is 16.6. The summed E-state index contributed by atoms with van der Waals surface area (Å²) in [6.07, 6.45) is 0.678. The fourth-order valence-electron chi connectivity index (χ4n) is 3.40. The Morgan fingerprint density at radius 2 is 1.81 bits per heavy atom. The van der Waals surface area contributed by atoms with Gasteiger partial charge < -0.3 is 10.1 Å². The maximum Gasteiger partial charge on any atom is 0.264 e. The molecule has 1 N–H and O–H groups in total. The summed E-state index contributed by atoms with van der Waals surface area (Å²) in [6.45, 7) is 0.116. The number of para-hydroxylation sites is 1. The minimum absolute atomic E-state index is 0.153. The van der Waals surface area contributed by atoms with Crippen molar-refractivity contribution in [2.24, 2.45) is 0 Å². The molecule has 1 heterocycles. The van der Waals surface area contributed by atoms with E-state index in [-0.39, 0.29) is 16.5 Å². The number of rotatable bonds is 6. The Morgan fingerprint density at radius 1 is 1.09 bits per heavy atom. The molecule has 6 nitrogen and oxygen atoms in total. The van der Waals surface area contributed by atoms with Gasteiger partial charge >= 0.3 is 0 Å². The van der Waals surface area contributed by atoms with E-state index in [9.17, 15) is 13.2 Å². The second-order valence-electron chi connectivity index (χ2n) is 7.02. The molecule has 0 radical (unpaired) electrons. The number of carbonyl (C=O) groups excluding carboxylic acids is 1. The number of fused-ring (bicyclic) bond motifs is 1.